The molecule has 1 aliphatic heterocycles. The minimum absolute atomic E-state index is 0.155. The highest BCUT2D eigenvalue weighted by atomic mass is 79.9. The number of thiophene rings is 1. The van der Waals surface area contributed by atoms with Gasteiger partial charge in [-0.2, -0.15) is 4.31 Å². The van der Waals surface area contributed by atoms with Gasteiger partial charge in [-0.15, -0.1) is 16.4 Å². The molecule has 11 heteroatoms. The Bertz CT molecular complexity index is 794. The van der Waals surface area contributed by atoms with E-state index >= 15 is 0 Å². The van der Waals surface area contributed by atoms with E-state index in [4.69, 9.17) is 5.11 Å². The Hall–Kier alpha value is -1.30. The topological polar surface area (TPSA) is 105 Å². The van der Waals surface area contributed by atoms with Gasteiger partial charge in [-0.25, -0.2) is 17.9 Å². The zero-order valence-electron chi connectivity index (χ0n) is 10.4. The van der Waals surface area contributed by atoms with Crippen LogP contribution in [0.4, 0.5) is 0 Å². The largest absolute Gasteiger partial charge is 0.476 e. The summed E-state index contributed by atoms with van der Waals surface area (Å²) in [7, 11) is -3.51. The van der Waals surface area contributed by atoms with Gasteiger partial charge in [0, 0.05) is 17.6 Å². The smallest absolute Gasteiger partial charge is 0.358 e. The van der Waals surface area contributed by atoms with Crippen LogP contribution in [-0.2, 0) is 10.0 Å². The minimum atomic E-state index is -3.51. The van der Waals surface area contributed by atoms with Gasteiger partial charge in [0.2, 0.25) is 0 Å². The highest BCUT2D eigenvalue weighted by Crippen LogP contribution is 2.34. The van der Waals surface area contributed by atoms with Crippen LogP contribution in [0.1, 0.15) is 16.5 Å². The predicted molar refractivity (Wildman–Crippen MR) is 76.8 cm³/mol. The second-order valence-electron chi connectivity index (χ2n) is 4.42. The second kappa shape index (κ2) is 5.16. The van der Waals surface area contributed by atoms with Crippen LogP contribution in [0.5, 0.6) is 0 Å². The molecule has 2 aromatic rings. The third kappa shape index (κ3) is 2.50. The fourth-order valence-electron chi connectivity index (χ4n) is 1.91. The molecule has 0 aliphatic carbocycles. The average molecular weight is 393 g/mol. The van der Waals surface area contributed by atoms with E-state index < -0.39 is 16.0 Å². The van der Waals surface area contributed by atoms with Gasteiger partial charge in [-0.05, 0) is 27.4 Å². The van der Waals surface area contributed by atoms with Crippen molar-refractivity contribution >= 4 is 43.3 Å². The standard InChI is InChI=1S/C10H9BrN4O4S2/c11-7-1-2-20-10(7)21(18,19)14-3-6(4-14)15-5-8(9(16)17)12-13-15/h1-2,5-6H,3-4H2,(H,16,17). The maximum absolute atomic E-state index is 12.4. The zero-order chi connectivity index (χ0) is 15.2. The van der Waals surface area contributed by atoms with Crippen LogP contribution < -0.4 is 0 Å². The van der Waals surface area contributed by atoms with E-state index in [-0.39, 0.29) is 29.0 Å². The van der Waals surface area contributed by atoms with Gasteiger partial charge in [-0.1, -0.05) is 5.21 Å². The third-order valence-electron chi connectivity index (χ3n) is 3.09. The lowest BCUT2D eigenvalue weighted by molar-refractivity contribution is 0.0690. The van der Waals surface area contributed by atoms with Gasteiger partial charge < -0.3 is 5.11 Å². The maximum Gasteiger partial charge on any atom is 0.358 e. The lowest BCUT2D eigenvalue weighted by Crippen LogP contribution is -2.50. The Balaban J connectivity index is 1.73. The van der Waals surface area contributed by atoms with Crippen molar-refractivity contribution in [3.8, 4) is 0 Å². The number of rotatable bonds is 4. The van der Waals surface area contributed by atoms with Crippen molar-refractivity contribution in [2.45, 2.75) is 10.3 Å². The highest BCUT2D eigenvalue weighted by molar-refractivity contribution is 9.10. The summed E-state index contributed by atoms with van der Waals surface area (Å²) >= 11 is 4.36. The first-order chi connectivity index (χ1) is 9.89. The van der Waals surface area contributed by atoms with E-state index in [0.29, 0.717) is 4.47 Å². The molecule has 0 spiro atoms. The number of carboxylic acids is 1. The highest BCUT2D eigenvalue weighted by Gasteiger charge is 2.39. The van der Waals surface area contributed by atoms with Crippen LogP contribution in [-0.4, -0.2) is 51.9 Å². The normalized spacial score (nSPS) is 16.8. The second-order valence-corrected chi connectivity index (χ2v) is 8.32. The number of aromatic nitrogens is 3. The lowest BCUT2D eigenvalue weighted by Gasteiger charge is -2.37. The summed E-state index contributed by atoms with van der Waals surface area (Å²) in [5, 5.41) is 17.7. The van der Waals surface area contributed by atoms with Gasteiger partial charge in [0.15, 0.2) is 5.69 Å². The summed E-state index contributed by atoms with van der Waals surface area (Å²) in [6, 6.07) is 1.49. The molecule has 1 fully saturated rings. The Morgan fingerprint density at radius 1 is 1.48 bits per heavy atom. The van der Waals surface area contributed by atoms with E-state index in [1.807, 2.05) is 0 Å². The Labute approximate surface area is 132 Å². The van der Waals surface area contributed by atoms with E-state index in [0.717, 1.165) is 11.3 Å². The molecule has 0 bridgehead atoms. The molecule has 8 nitrogen and oxygen atoms in total. The van der Waals surface area contributed by atoms with E-state index in [2.05, 4.69) is 26.2 Å². The summed E-state index contributed by atoms with van der Waals surface area (Å²) in [5.41, 5.74) is -0.155. The number of hydrogen-bond donors (Lipinski definition) is 1. The van der Waals surface area contributed by atoms with Crippen molar-refractivity contribution in [2.75, 3.05) is 13.1 Å². The number of carbonyl (C=O) groups is 1. The SMILES string of the molecule is O=C(O)c1cn(C2CN(S(=O)(=O)c3sccc3Br)C2)nn1. The molecule has 112 valence electrons. The Morgan fingerprint density at radius 2 is 2.19 bits per heavy atom. The molecule has 0 aromatic carbocycles. The van der Waals surface area contributed by atoms with Crippen molar-refractivity contribution < 1.29 is 18.3 Å². The van der Waals surface area contributed by atoms with Crippen LogP contribution in [0.2, 0.25) is 0 Å². The minimum Gasteiger partial charge on any atom is -0.476 e. The summed E-state index contributed by atoms with van der Waals surface area (Å²) < 4.78 is 28.2. The summed E-state index contributed by atoms with van der Waals surface area (Å²) in [6.45, 7) is 0.490. The first-order valence-electron chi connectivity index (χ1n) is 5.78. The van der Waals surface area contributed by atoms with Crippen LogP contribution in [0.15, 0.2) is 26.3 Å². The molecule has 0 saturated carbocycles. The van der Waals surface area contributed by atoms with Crippen LogP contribution >= 0.6 is 27.3 Å². The van der Waals surface area contributed by atoms with Crippen molar-refractivity contribution in [1.29, 1.82) is 0 Å². The molecule has 3 heterocycles. The van der Waals surface area contributed by atoms with E-state index in [1.165, 1.54) is 15.2 Å². The number of halogens is 1. The van der Waals surface area contributed by atoms with Gasteiger partial charge in [-0.3, -0.25) is 0 Å². The van der Waals surface area contributed by atoms with E-state index in [1.54, 1.807) is 11.4 Å². The molecular weight excluding hydrogens is 384 g/mol. The van der Waals surface area contributed by atoms with Crippen molar-refractivity contribution in [2.24, 2.45) is 0 Å². The molecule has 1 N–H and O–H groups in total. The number of sulfonamides is 1. The van der Waals surface area contributed by atoms with Crippen molar-refractivity contribution in [1.82, 2.24) is 19.3 Å². The summed E-state index contributed by atoms with van der Waals surface area (Å²) in [5.74, 6) is -1.16. The summed E-state index contributed by atoms with van der Waals surface area (Å²) in [4.78, 5) is 10.7. The monoisotopic (exact) mass is 392 g/mol. The van der Waals surface area contributed by atoms with Gasteiger partial charge >= 0.3 is 5.97 Å². The zero-order valence-corrected chi connectivity index (χ0v) is 13.6. The first kappa shape index (κ1) is 14.6. The van der Waals surface area contributed by atoms with Gasteiger partial charge in [0.1, 0.15) is 4.21 Å². The molecule has 0 radical (unpaired) electrons. The van der Waals surface area contributed by atoms with Crippen molar-refractivity contribution in [3.63, 3.8) is 0 Å². The lowest BCUT2D eigenvalue weighted by atomic mass is 10.2. The molecule has 0 unspecified atom stereocenters. The fourth-order valence-corrected chi connectivity index (χ4v) is 5.88. The van der Waals surface area contributed by atoms with Crippen LogP contribution in [0, 0.1) is 0 Å². The maximum atomic E-state index is 12.4. The predicted octanol–water partition coefficient (Wildman–Crippen LogP) is 1.05. The summed E-state index contributed by atoms with van der Waals surface area (Å²) in [6.07, 6.45) is 1.30. The number of aromatic carboxylic acids is 1. The number of nitrogens with zero attached hydrogens (tertiary/aromatic N) is 4. The number of hydrogen-bond acceptors (Lipinski definition) is 6. The molecule has 3 rings (SSSR count). The Morgan fingerprint density at radius 3 is 2.71 bits per heavy atom. The van der Waals surface area contributed by atoms with Gasteiger partial charge in [0.05, 0.1) is 12.2 Å². The third-order valence-corrected chi connectivity index (χ3v) is 7.57. The molecule has 2 aromatic heterocycles. The molecule has 0 amide bonds. The quantitative estimate of drug-likeness (QED) is 0.833. The molecule has 1 aliphatic rings. The average Bonchev–Trinajstić information content (AvgIpc) is 2.95. The number of carboxylic acid groups (broad SMARTS) is 1. The van der Waals surface area contributed by atoms with Crippen LogP contribution in [0.25, 0.3) is 0 Å². The van der Waals surface area contributed by atoms with Crippen molar-refractivity contribution in [3.05, 3.63) is 27.8 Å². The fraction of sp³-hybridized carbons (Fsp3) is 0.300. The first-order valence-corrected chi connectivity index (χ1v) is 8.89. The molecular formula is C10H9BrN4O4S2. The van der Waals surface area contributed by atoms with Crippen LogP contribution in [0.3, 0.4) is 0 Å². The molecule has 21 heavy (non-hydrogen) atoms. The Kier molecular flexibility index (Phi) is 3.59. The van der Waals surface area contributed by atoms with Gasteiger partial charge in [0.25, 0.3) is 10.0 Å². The molecule has 1 saturated heterocycles. The molecule has 0 atom stereocenters. The van der Waals surface area contributed by atoms with E-state index in [9.17, 15) is 13.2 Å².